The van der Waals surface area contributed by atoms with Crippen molar-refractivity contribution in [2.24, 2.45) is 0 Å². The van der Waals surface area contributed by atoms with Crippen molar-refractivity contribution in [3.63, 3.8) is 0 Å². The van der Waals surface area contributed by atoms with Crippen molar-refractivity contribution >= 4 is 28.9 Å². The van der Waals surface area contributed by atoms with Gasteiger partial charge in [-0.2, -0.15) is 0 Å². The van der Waals surface area contributed by atoms with E-state index in [0.29, 0.717) is 10.7 Å². The summed E-state index contributed by atoms with van der Waals surface area (Å²) >= 11 is 5.99. The van der Waals surface area contributed by atoms with Crippen LogP contribution in [0.4, 0.5) is 11.4 Å². The fourth-order valence-electron chi connectivity index (χ4n) is 1.95. The van der Waals surface area contributed by atoms with Crippen LogP contribution in [0.5, 0.6) is 0 Å². The van der Waals surface area contributed by atoms with E-state index in [1.807, 2.05) is 6.92 Å². The van der Waals surface area contributed by atoms with E-state index >= 15 is 0 Å². The van der Waals surface area contributed by atoms with E-state index in [9.17, 15) is 19.7 Å². The van der Waals surface area contributed by atoms with Crippen molar-refractivity contribution in [2.45, 2.75) is 19.9 Å². The molecule has 0 fully saturated rings. The first-order chi connectivity index (χ1) is 10.8. The number of benzene rings is 1. The molecule has 0 aliphatic carbocycles. The van der Waals surface area contributed by atoms with Crippen LogP contribution in [0, 0.1) is 17.0 Å². The number of anilines is 1. The topological polar surface area (TPSA) is 94.2 Å². The maximum absolute atomic E-state index is 12.3. The van der Waals surface area contributed by atoms with E-state index in [1.54, 1.807) is 18.2 Å². The van der Waals surface area contributed by atoms with Gasteiger partial charge in [0, 0.05) is 22.8 Å². The molecular formula is C15H14ClN3O4. The standard InChI is InChI=1S/C15H14ClN3O4/c1-9-3-4-11(7-13(9)16)17-15(21)10(2)18-8-12(19(22)23)5-6-14(18)20/h3-8,10H,1-2H3,(H,17,21). The summed E-state index contributed by atoms with van der Waals surface area (Å²) in [6.07, 6.45) is 1.05. The highest BCUT2D eigenvalue weighted by atomic mass is 35.5. The number of nitro groups is 1. The second-order valence-electron chi connectivity index (χ2n) is 5.02. The molecule has 1 unspecified atom stereocenters. The summed E-state index contributed by atoms with van der Waals surface area (Å²) in [5.74, 6) is -0.479. The van der Waals surface area contributed by atoms with Crippen LogP contribution in [0.3, 0.4) is 0 Å². The van der Waals surface area contributed by atoms with Crippen LogP contribution >= 0.6 is 11.6 Å². The lowest BCUT2D eigenvalue weighted by atomic mass is 10.2. The van der Waals surface area contributed by atoms with E-state index in [1.165, 1.54) is 6.92 Å². The summed E-state index contributed by atoms with van der Waals surface area (Å²) < 4.78 is 1.02. The van der Waals surface area contributed by atoms with Gasteiger partial charge in [0.1, 0.15) is 6.04 Å². The summed E-state index contributed by atoms with van der Waals surface area (Å²) in [5.41, 5.74) is 0.589. The van der Waals surface area contributed by atoms with Gasteiger partial charge in [0.25, 0.3) is 11.2 Å². The highest BCUT2D eigenvalue weighted by Crippen LogP contribution is 2.21. The van der Waals surface area contributed by atoms with Gasteiger partial charge in [-0.25, -0.2) is 0 Å². The fraction of sp³-hybridized carbons (Fsp3) is 0.200. The molecule has 0 radical (unpaired) electrons. The SMILES string of the molecule is Cc1ccc(NC(=O)C(C)n2cc([N+](=O)[O-])ccc2=O)cc1Cl. The number of nitrogens with one attached hydrogen (secondary N) is 1. The van der Waals surface area contributed by atoms with E-state index in [-0.39, 0.29) is 5.69 Å². The molecule has 2 rings (SSSR count). The molecule has 0 aliphatic heterocycles. The van der Waals surface area contributed by atoms with Gasteiger partial charge in [-0.1, -0.05) is 17.7 Å². The first-order valence-corrected chi connectivity index (χ1v) is 7.11. The molecule has 1 amide bonds. The quantitative estimate of drug-likeness (QED) is 0.686. The predicted molar refractivity (Wildman–Crippen MR) is 86.9 cm³/mol. The minimum absolute atomic E-state index is 0.261. The summed E-state index contributed by atoms with van der Waals surface area (Å²) in [6, 6.07) is 6.28. The Labute approximate surface area is 136 Å². The fourth-order valence-corrected chi connectivity index (χ4v) is 2.13. The highest BCUT2D eigenvalue weighted by molar-refractivity contribution is 6.31. The molecule has 0 bridgehead atoms. The number of rotatable bonds is 4. The summed E-state index contributed by atoms with van der Waals surface area (Å²) in [6.45, 7) is 3.31. The van der Waals surface area contributed by atoms with Crippen LogP contribution < -0.4 is 10.9 Å². The van der Waals surface area contributed by atoms with Crippen molar-refractivity contribution < 1.29 is 9.72 Å². The number of pyridine rings is 1. The molecule has 7 nitrogen and oxygen atoms in total. The number of aryl methyl sites for hydroxylation is 1. The number of halogens is 1. The first kappa shape index (κ1) is 16.7. The lowest BCUT2D eigenvalue weighted by Gasteiger charge is -2.15. The van der Waals surface area contributed by atoms with Crippen molar-refractivity contribution in [1.29, 1.82) is 0 Å². The van der Waals surface area contributed by atoms with E-state index in [2.05, 4.69) is 5.32 Å². The van der Waals surface area contributed by atoms with Crippen LogP contribution in [0.15, 0.2) is 41.3 Å². The number of amides is 1. The van der Waals surface area contributed by atoms with E-state index in [4.69, 9.17) is 11.6 Å². The van der Waals surface area contributed by atoms with Crippen molar-refractivity contribution in [2.75, 3.05) is 5.32 Å². The molecule has 0 aliphatic rings. The molecule has 0 spiro atoms. The van der Waals surface area contributed by atoms with Crippen LogP contribution in [-0.4, -0.2) is 15.4 Å². The molecule has 8 heteroatoms. The van der Waals surface area contributed by atoms with E-state index in [0.717, 1.165) is 28.5 Å². The Morgan fingerprint density at radius 1 is 1.35 bits per heavy atom. The first-order valence-electron chi connectivity index (χ1n) is 6.73. The van der Waals surface area contributed by atoms with Crippen molar-refractivity contribution in [1.82, 2.24) is 4.57 Å². The number of aromatic nitrogens is 1. The minimum Gasteiger partial charge on any atom is -0.324 e. The molecule has 23 heavy (non-hydrogen) atoms. The summed E-state index contributed by atoms with van der Waals surface area (Å²) in [7, 11) is 0. The second kappa shape index (κ2) is 6.62. The van der Waals surface area contributed by atoms with Crippen LogP contribution in [0.25, 0.3) is 0 Å². The molecule has 1 aromatic carbocycles. The molecule has 120 valence electrons. The van der Waals surface area contributed by atoms with Gasteiger partial charge in [0.05, 0.1) is 11.1 Å². The third-order valence-electron chi connectivity index (χ3n) is 3.37. The smallest absolute Gasteiger partial charge is 0.285 e. The molecule has 1 heterocycles. The third-order valence-corrected chi connectivity index (χ3v) is 3.78. The Morgan fingerprint density at radius 2 is 2.04 bits per heavy atom. The molecule has 0 saturated heterocycles. The predicted octanol–water partition coefficient (Wildman–Crippen LogP) is 2.92. The molecular weight excluding hydrogens is 322 g/mol. The van der Waals surface area contributed by atoms with Gasteiger partial charge >= 0.3 is 0 Å². The van der Waals surface area contributed by atoms with Gasteiger partial charge in [-0.3, -0.25) is 24.3 Å². The molecule has 1 aromatic heterocycles. The lowest BCUT2D eigenvalue weighted by Crippen LogP contribution is -2.31. The van der Waals surface area contributed by atoms with Gasteiger partial charge in [-0.15, -0.1) is 0 Å². The number of carbonyl (C=O) groups excluding carboxylic acids is 1. The van der Waals surface area contributed by atoms with Gasteiger partial charge in [-0.05, 0) is 31.5 Å². The minimum atomic E-state index is -0.914. The van der Waals surface area contributed by atoms with Gasteiger partial charge < -0.3 is 5.32 Å². The second-order valence-corrected chi connectivity index (χ2v) is 5.43. The van der Waals surface area contributed by atoms with Crippen molar-refractivity contribution in [3.05, 3.63) is 67.6 Å². The average Bonchev–Trinajstić information content (AvgIpc) is 2.50. The van der Waals surface area contributed by atoms with Crippen molar-refractivity contribution in [3.8, 4) is 0 Å². The zero-order valence-corrected chi connectivity index (χ0v) is 13.2. The van der Waals surface area contributed by atoms with Crippen LogP contribution in [0.1, 0.15) is 18.5 Å². The number of hydrogen-bond donors (Lipinski definition) is 1. The van der Waals surface area contributed by atoms with Crippen LogP contribution in [0.2, 0.25) is 5.02 Å². The Kier molecular flexibility index (Phi) is 4.80. The average molecular weight is 336 g/mol. The van der Waals surface area contributed by atoms with E-state index < -0.39 is 22.4 Å². The Balaban J connectivity index is 2.25. The molecule has 0 saturated carbocycles. The Hall–Kier alpha value is -2.67. The third kappa shape index (κ3) is 3.75. The number of nitrogens with zero attached hydrogens (tertiary/aromatic N) is 2. The zero-order valence-electron chi connectivity index (χ0n) is 12.4. The Bertz CT molecular complexity index is 832. The summed E-state index contributed by atoms with van der Waals surface area (Å²) in [5, 5.41) is 13.9. The van der Waals surface area contributed by atoms with Gasteiger partial charge in [0.15, 0.2) is 0 Å². The van der Waals surface area contributed by atoms with Crippen LogP contribution in [-0.2, 0) is 4.79 Å². The molecule has 1 atom stereocenters. The lowest BCUT2D eigenvalue weighted by molar-refractivity contribution is -0.385. The number of hydrogen-bond acceptors (Lipinski definition) is 4. The normalized spacial score (nSPS) is 11.8. The Morgan fingerprint density at radius 3 is 2.65 bits per heavy atom. The number of carbonyl (C=O) groups is 1. The summed E-state index contributed by atoms with van der Waals surface area (Å²) in [4.78, 5) is 34.3. The largest absolute Gasteiger partial charge is 0.324 e. The van der Waals surface area contributed by atoms with Gasteiger partial charge in [0.2, 0.25) is 5.91 Å². The maximum atomic E-state index is 12.3. The monoisotopic (exact) mass is 335 g/mol. The zero-order chi connectivity index (χ0) is 17.1. The maximum Gasteiger partial charge on any atom is 0.285 e. The highest BCUT2D eigenvalue weighted by Gasteiger charge is 2.19. The molecule has 1 N–H and O–H groups in total. The molecule has 2 aromatic rings.